The smallest absolute Gasteiger partial charge is 0.339 e. The molecule has 8 nitrogen and oxygen atoms in total. The lowest BCUT2D eigenvalue weighted by atomic mass is 10.2. The standard InChI is InChI=1S/C20H16Cl2N2O6S/c21-12-1-3-16-14(9-12)19(30-17-4-2-13(22)10-15(17)20(25)26)18(11-23-16)31(27,28)24-5-7-29-8-6-24/h1-4,9-11H,5-8H2,(H,25,26). The van der Waals surface area contributed by atoms with Crippen LogP contribution in [0, 0.1) is 0 Å². The van der Waals surface area contributed by atoms with E-state index in [1.54, 1.807) is 12.1 Å². The summed E-state index contributed by atoms with van der Waals surface area (Å²) in [7, 11) is -4.01. The molecule has 1 aliphatic rings. The van der Waals surface area contributed by atoms with Crippen LogP contribution in [0.5, 0.6) is 11.5 Å². The lowest BCUT2D eigenvalue weighted by Gasteiger charge is -2.27. The molecule has 1 aliphatic heterocycles. The van der Waals surface area contributed by atoms with E-state index in [0.717, 1.165) is 0 Å². The first kappa shape index (κ1) is 21.8. The zero-order valence-electron chi connectivity index (χ0n) is 15.9. The average molecular weight is 483 g/mol. The van der Waals surface area contributed by atoms with Crippen molar-refractivity contribution in [1.82, 2.24) is 9.29 Å². The molecule has 1 saturated heterocycles. The molecule has 31 heavy (non-hydrogen) atoms. The zero-order valence-corrected chi connectivity index (χ0v) is 18.2. The molecule has 0 amide bonds. The minimum Gasteiger partial charge on any atom is -0.478 e. The van der Waals surface area contributed by atoms with Gasteiger partial charge in [0, 0.05) is 28.5 Å². The number of carbonyl (C=O) groups is 1. The maximum Gasteiger partial charge on any atom is 0.339 e. The number of aromatic nitrogens is 1. The quantitative estimate of drug-likeness (QED) is 0.584. The summed E-state index contributed by atoms with van der Waals surface area (Å²) >= 11 is 12.1. The Morgan fingerprint density at radius 1 is 1.10 bits per heavy atom. The second-order valence-electron chi connectivity index (χ2n) is 6.68. The van der Waals surface area contributed by atoms with Crippen LogP contribution in [0.2, 0.25) is 10.0 Å². The minimum atomic E-state index is -4.01. The molecule has 2 aromatic carbocycles. The van der Waals surface area contributed by atoms with Gasteiger partial charge < -0.3 is 14.6 Å². The molecule has 0 atom stereocenters. The summed E-state index contributed by atoms with van der Waals surface area (Å²) in [6.07, 6.45) is 1.20. The van der Waals surface area contributed by atoms with Crippen molar-refractivity contribution in [2.24, 2.45) is 0 Å². The topological polar surface area (TPSA) is 106 Å². The van der Waals surface area contributed by atoms with Crippen molar-refractivity contribution in [2.75, 3.05) is 26.3 Å². The number of carboxylic acids is 1. The van der Waals surface area contributed by atoms with Crippen LogP contribution >= 0.6 is 23.2 Å². The third-order valence-electron chi connectivity index (χ3n) is 4.72. The lowest BCUT2D eigenvalue weighted by molar-refractivity contribution is 0.0694. The first-order chi connectivity index (χ1) is 14.8. The van der Waals surface area contributed by atoms with E-state index in [9.17, 15) is 18.3 Å². The van der Waals surface area contributed by atoms with Crippen LogP contribution in [0.15, 0.2) is 47.5 Å². The Balaban J connectivity index is 1.93. The van der Waals surface area contributed by atoms with Gasteiger partial charge in [0.1, 0.15) is 16.2 Å². The second kappa shape index (κ2) is 8.60. The van der Waals surface area contributed by atoms with E-state index >= 15 is 0 Å². The SMILES string of the molecule is O=C(O)c1cc(Cl)ccc1Oc1c(S(=O)(=O)N2CCOCC2)cnc2ccc(Cl)cc12. The molecule has 3 aromatic rings. The number of morpholine rings is 1. The molecule has 162 valence electrons. The fraction of sp³-hybridized carbons (Fsp3) is 0.200. The molecule has 1 aromatic heterocycles. The van der Waals surface area contributed by atoms with Crippen LogP contribution < -0.4 is 4.74 Å². The minimum absolute atomic E-state index is 0.0659. The predicted molar refractivity (Wildman–Crippen MR) is 115 cm³/mol. The van der Waals surface area contributed by atoms with Crippen LogP contribution in [0.4, 0.5) is 0 Å². The number of nitrogens with zero attached hydrogens (tertiary/aromatic N) is 2. The highest BCUT2D eigenvalue weighted by Crippen LogP contribution is 2.39. The first-order valence-electron chi connectivity index (χ1n) is 9.14. The molecule has 0 aliphatic carbocycles. The third-order valence-corrected chi connectivity index (χ3v) is 7.08. The van der Waals surface area contributed by atoms with Gasteiger partial charge in [-0.1, -0.05) is 23.2 Å². The van der Waals surface area contributed by atoms with E-state index in [0.29, 0.717) is 15.9 Å². The Morgan fingerprint density at radius 2 is 1.77 bits per heavy atom. The number of rotatable bonds is 5. The molecule has 0 bridgehead atoms. The van der Waals surface area contributed by atoms with E-state index in [1.807, 2.05) is 0 Å². The highest BCUT2D eigenvalue weighted by Gasteiger charge is 2.31. The Morgan fingerprint density at radius 3 is 2.48 bits per heavy atom. The normalized spacial score (nSPS) is 15.2. The molecule has 2 heterocycles. The van der Waals surface area contributed by atoms with Gasteiger partial charge in [0.2, 0.25) is 10.0 Å². The van der Waals surface area contributed by atoms with E-state index < -0.39 is 16.0 Å². The molecule has 0 spiro atoms. The highest BCUT2D eigenvalue weighted by atomic mass is 35.5. The number of hydrogen-bond donors (Lipinski definition) is 1. The number of halogens is 2. The fourth-order valence-electron chi connectivity index (χ4n) is 3.21. The maximum absolute atomic E-state index is 13.4. The van der Waals surface area contributed by atoms with Crippen molar-refractivity contribution in [3.05, 3.63) is 58.2 Å². The number of hydrogen-bond acceptors (Lipinski definition) is 6. The van der Waals surface area contributed by atoms with Crippen molar-refractivity contribution in [3.8, 4) is 11.5 Å². The zero-order chi connectivity index (χ0) is 22.2. The largest absolute Gasteiger partial charge is 0.478 e. The number of aromatic carboxylic acids is 1. The molecule has 1 N–H and O–H groups in total. The molecule has 4 rings (SSSR count). The molecule has 0 radical (unpaired) electrons. The van der Waals surface area contributed by atoms with Crippen LogP contribution in [-0.2, 0) is 14.8 Å². The van der Waals surface area contributed by atoms with Gasteiger partial charge in [0.25, 0.3) is 0 Å². The van der Waals surface area contributed by atoms with Gasteiger partial charge in [-0.2, -0.15) is 4.31 Å². The van der Waals surface area contributed by atoms with E-state index in [2.05, 4.69) is 4.98 Å². The van der Waals surface area contributed by atoms with Crippen molar-refractivity contribution in [3.63, 3.8) is 0 Å². The van der Waals surface area contributed by atoms with E-state index in [1.165, 1.54) is 34.8 Å². The second-order valence-corrected chi connectivity index (χ2v) is 9.46. The first-order valence-corrected chi connectivity index (χ1v) is 11.3. The third kappa shape index (κ3) is 4.32. The summed E-state index contributed by atoms with van der Waals surface area (Å²) in [6.45, 7) is 0.887. The Hall–Kier alpha value is -2.43. The highest BCUT2D eigenvalue weighted by molar-refractivity contribution is 7.89. The van der Waals surface area contributed by atoms with Gasteiger partial charge >= 0.3 is 5.97 Å². The summed E-state index contributed by atoms with van der Waals surface area (Å²) in [6, 6.07) is 8.81. The van der Waals surface area contributed by atoms with E-state index in [-0.39, 0.29) is 53.3 Å². The summed E-state index contributed by atoms with van der Waals surface area (Å²) in [5.74, 6) is -1.40. The molecule has 0 saturated carbocycles. The van der Waals surface area contributed by atoms with Crippen molar-refractivity contribution < 1.29 is 27.8 Å². The number of benzene rings is 2. The maximum atomic E-state index is 13.4. The van der Waals surface area contributed by atoms with Gasteiger partial charge in [-0.3, -0.25) is 4.98 Å². The number of pyridine rings is 1. The monoisotopic (exact) mass is 482 g/mol. The number of carboxylic acid groups (broad SMARTS) is 1. The lowest BCUT2D eigenvalue weighted by Crippen LogP contribution is -2.40. The van der Waals surface area contributed by atoms with Crippen molar-refractivity contribution in [2.45, 2.75) is 4.90 Å². The van der Waals surface area contributed by atoms with Crippen LogP contribution in [0.3, 0.4) is 0 Å². The van der Waals surface area contributed by atoms with Gasteiger partial charge in [0.05, 0.1) is 24.9 Å². The number of fused-ring (bicyclic) bond motifs is 1. The van der Waals surface area contributed by atoms with Crippen molar-refractivity contribution in [1.29, 1.82) is 0 Å². The van der Waals surface area contributed by atoms with Gasteiger partial charge in [-0.15, -0.1) is 0 Å². The summed E-state index contributed by atoms with van der Waals surface area (Å²) < 4.78 is 39.2. The van der Waals surface area contributed by atoms with Crippen molar-refractivity contribution >= 4 is 50.1 Å². The summed E-state index contributed by atoms with van der Waals surface area (Å²) in [4.78, 5) is 15.7. The summed E-state index contributed by atoms with van der Waals surface area (Å²) in [5.41, 5.74) is 0.223. The Kier molecular flexibility index (Phi) is 6.05. The predicted octanol–water partition coefficient (Wildman–Crippen LogP) is 4.05. The molecular weight excluding hydrogens is 467 g/mol. The molecular formula is C20H16Cl2N2O6S. The van der Waals surface area contributed by atoms with Crippen LogP contribution in [0.1, 0.15) is 10.4 Å². The summed E-state index contributed by atoms with van der Waals surface area (Å²) in [5, 5.41) is 10.4. The average Bonchev–Trinajstić information content (AvgIpc) is 2.75. The Bertz CT molecular complexity index is 1280. The van der Waals surface area contributed by atoms with Gasteiger partial charge in [0.15, 0.2) is 5.75 Å². The Labute approximate surface area is 188 Å². The fourth-order valence-corrected chi connectivity index (χ4v) is 5.03. The molecule has 11 heteroatoms. The van der Waals surface area contributed by atoms with Crippen LogP contribution in [0.25, 0.3) is 10.9 Å². The number of ether oxygens (including phenoxy) is 2. The van der Waals surface area contributed by atoms with E-state index in [4.69, 9.17) is 32.7 Å². The van der Waals surface area contributed by atoms with Gasteiger partial charge in [-0.05, 0) is 36.4 Å². The molecule has 0 unspecified atom stereocenters. The van der Waals surface area contributed by atoms with Gasteiger partial charge in [-0.25, -0.2) is 13.2 Å². The van der Waals surface area contributed by atoms with Crippen LogP contribution in [-0.4, -0.2) is 55.1 Å². The molecule has 1 fully saturated rings. The number of sulfonamides is 1.